The van der Waals surface area contributed by atoms with E-state index in [-0.39, 0.29) is 30.1 Å². The summed E-state index contributed by atoms with van der Waals surface area (Å²) in [6.07, 6.45) is 1.73. The normalized spacial score (nSPS) is 11.3. The Bertz CT molecular complexity index is 1010. The first-order valence-electron chi connectivity index (χ1n) is 9.99. The van der Waals surface area contributed by atoms with Crippen LogP contribution in [0.1, 0.15) is 50.6 Å². The van der Waals surface area contributed by atoms with E-state index in [4.69, 9.17) is 9.52 Å². The molecule has 2 heterocycles. The summed E-state index contributed by atoms with van der Waals surface area (Å²) in [6.45, 7) is 8.54. The molecule has 0 unspecified atom stereocenters. The lowest BCUT2D eigenvalue weighted by molar-refractivity contribution is -0.124. The van der Waals surface area contributed by atoms with Crippen molar-refractivity contribution < 1.29 is 14.0 Å². The van der Waals surface area contributed by atoms with Gasteiger partial charge in [-0.15, -0.1) is 0 Å². The molecule has 0 aliphatic carbocycles. The van der Waals surface area contributed by atoms with Gasteiger partial charge in [-0.25, -0.2) is 4.68 Å². The minimum absolute atomic E-state index is 0.0772. The van der Waals surface area contributed by atoms with Crippen LogP contribution in [0.5, 0.6) is 0 Å². The van der Waals surface area contributed by atoms with Crippen molar-refractivity contribution in [2.24, 2.45) is 0 Å². The second-order valence-electron chi connectivity index (χ2n) is 8.32. The monoisotopic (exact) mass is 408 g/mol. The molecule has 0 spiro atoms. The Morgan fingerprint density at radius 1 is 1.07 bits per heavy atom. The van der Waals surface area contributed by atoms with Gasteiger partial charge in [-0.3, -0.25) is 9.59 Å². The van der Waals surface area contributed by atoms with Crippen LogP contribution in [0.4, 0.5) is 5.82 Å². The van der Waals surface area contributed by atoms with Gasteiger partial charge in [0.15, 0.2) is 0 Å². The smallest absolute Gasteiger partial charge is 0.226 e. The fourth-order valence-electron chi connectivity index (χ4n) is 2.91. The quantitative estimate of drug-likeness (QED) is 0.616. The lowest BCUT2D eigenvalue weighted by Gasteiger charge is -2.14. The van der Waals surface area contributed by atoms with Crippen molar-refractivity contribution in [1.29, 1.82) is 0 Å². The molecule has 0 aliphatic heterocycles. The van der Waals surface area contributed by atoms with E-state index in [1.807, 2.05) is 37.3 Å². The molecule has 0 radical (unpaired) electrons. The zero-order chi connectivity index (χ0) is 21.7. The molecule has 0 bridgehead atoms. The van der Waals surface area contributed by atoms with E-state index in [2.05, 4.69) is 31.4 Å². The lowest BCUT2D eigenvalue weighted by atomic mass is 9.92. The van der Waals surface area contributed by atoms with Gasteiger partial charge < -0.3 is 15.1 Å². The minimum atomic E-state index is -0.239. The van der Waals surface area contributed by atoms with Gasteiger partial charge in [0, 0.05) is 24.3 Å². The summed E-state index contributed by atoms with van der Waals surface area (Å²) in [5.41, 5.74) is 2.68. The number of rotatable bonds is 7. The van der Waals surface area contributed by atoms with Crippen molar-refractivity contribution in [3.8, 4) is 5.69 Å². The standard InChI is InChI=1S/C23H28N4O3/c1-16-7-5-8-17(13-16)27-20(14-19(26-27)23(2,3)4)25-22(29)11-10-21(28)24-15-18-9-6-12-30-18/h5-9,12-14H,10-11,15H2,1-4H3,(H,24,28)(H,25,29). The summed E-state index contributed by atoms with van der Waals surface area (Å²) in [4.78, 5) is 24.5. The maximum Gasteiger partial charge on any atom is 0.226 e. The van der Waals surface area contributed by atoms with E-state index >= 15 is 0 Å². The first-order chi connectivity index (χ1) is 14.2. The number of aryl methyl sites for hydroxylation is 1. The van der Waals surface area contributed by atoms with Crippen molar-refractivity contribution in [2.75, 3.05) is 5.32 Å². The van der Waals surface area contributed by atoms with Gasteiger partial charge in [-0.1, -0.05) is 32.9 Å². The fourth-order valence-corrected chi connectivity index (χ4v) is 2.91. The van der Waals surface area contributed by atoms with Crippen molar-refractivity contribution in [1.82, 2.24) is 15.1 Å². The average Bonchev–Trinajstić information content (AvgIpc) is 3.34. The Hall–Kier alpha value is -3.35. The second-order valence-corrected chi connectivity index (χ2v) is 8.32. The van der Waals surface area contributed by atoms with Crippen molar-refractivity contribution in [3.63, 3.8) is 0 Å². The molecule has 3 rings (SSSR count). The van der Waals surface area contributed by atoms with E-state index in [1.54, 1.807) is 23.1 Å². The molecule has 0 saturated carbocycles. The molecule has 0 aliphatic rings. The number of hydrogen-bond acceptors (Lipinski definition) is 4. The number of nitrogens with one attached hydrogen (secondary N) is 2. The molecule has 30 heavy (non-hydrogen) atoms. The zero-order valence-electron chi connectivity index (χ0n) is 17.9. The number of nitrogens with zero attached hydrogens (tertiary/aromatic N) is 2. The van der Waals surface area contributed by atoms with E-state index in [0.717, 1.165) is 16.9 Å². The highest BCUT2D eigenvalue weighted by atomic mass is 16.3. The first-order valence-corrected chi connectivity index (χ1v) is 9.99. The number of carbonyl (C=O) groups excluding carboxylic acids is 2. The number of hydrogen-bond donors (Lipinski definition) is 2. The van der Waals surface area contributed by atoms with Crippen LogP contribution in [0, 0.1) is 6.92 Å². The van der Waals surface area contributed by atoms with Gasteiger partial charge in [-0.2, -0.15) is 5.10 Å². The number of anilines is 1. The van der Waals surface area contributed by atoms with E-state index < -0.39 is 0 Å². The van der Waals surface area contributed by atoms with Gasteiger partial charge in [0.25, 0.3) is 0 Å². The van der Waals surface area contributed by atoms with Crippen LogP contribution < -0.4 is 10.6 Å². The summed E-state index contributed by atoms with van der Waals surface area (Å²) in [5, 5.41) is 10.4. The third-order valence-electron chi connectivity index (χ3n) is 4.61. The highest BCUT2D eigenvalue weighted by Gasteiger charge is 2.21. The van der Waals surface area contributed by atoms with E-state index in [0.29, 0.717) is 18.1 Å². The van der Waals surface area contributed by atoms with Gasteiger partial charge in [0.1, 0.15) is 11.6 Å². The molecular weight excluding hydrogens is 380 g/mol. The maximum absolute atomic E-state index is 12.5. The summed E-state index contributed by atoms with van der Waals surface area (Å²) in [6, 6.07) is 13.4. The first kappa shape index (κ1) is 21.4. The molecule has 2 aromatic heterocycles. The average molecular weight is 409 g/mol. The lowest BCUT2D eigenvalue weighted by Crippen LogP contribution is -2.24. The third kappa shape index (κ3) is 5.59. The third-order valence-corrected chi connectivity index (χ3v) is 4.61. The predicted octanol–water partition coefficient (Wildman–Crippen LogP) is 4.11. The number of furan rings is 1. The van der Waals surface area contributed by atoms with Crippen LogP contribution in [0.2, 0.25) is 0 Å². The Morgan fingerprint density at radius 3 is 2.50 bits per heavy atom. The van der Waals surface area contributed by atoms with Gasteiger partial charge in [0.05, 0.1) is 24.2 Å². The molecule has 0 saturated heterocycles. The molecule has 1 aromatic carbocycles. The number of carbonyl (C=O) groups is 2. The molecule has 7 nitrogen and oxygen atoms in total. The Labute approximate surface area is 176 Å². The summed E-state index contributed by atoms with van der Waals surface area (Å²) >= 11 is 0. The predicted molar refractivity (Wildman–Crippen MR) is 115 cm³/mol. The van der Waals surface area contributed by atoms with Crippen LogP contribution in [0.3, 0.4) is 0 Å². The second kappa shape index (κ2) is 8.98. The molecule has 0 atom stereocenters. The molecule has 0 fully saturated rings. The van der Waals surface area contributed by atoms with Crippen LogP contribution in [0.25, 0.3) is 5.69 Å². The molecule has 2 amide bonds. The maximum atomic E-state index is 12.5. The number of aromatic nitrogens is 2. The number of amides is 2. The van der Waals surface area contributed by atoms with Gasteiger partial charge in [-0.05, 0) is 36.8 Å². The van der Waals surface area contributed by atoms with Crippen molar-refractivity contribution in [2.45, 2.75) is 52.5 Å². The SMILES string of the molecule is Cc1cccc(-n2nc(C(C)(C)C)cc2NC(=O)CCC(=O)NCc2ccco2)c1. The topological polar surface area (TPSA) is 89.2 Å². The van der Waals surface area contributed by atoms with Crippen LogP contribution in [-0.4, -0.2) is 21.6 Å². The van der Waals surface area contributed by atoms with E-state index in [1.165, 1.54) is 0 Å². The summed E-state index contributed by atoms with van der Waals surface area (Å²) in [5.74, 6) is 0.817. The number of benzene rings is 1. The highest BCUT2D eigenvalue weighted by molar-refractivity contribution is 5.92. The summed E-state index contributed by atoms with van der Waals surface area (Å²) in [7, 11) is 0. The Morgan fingerprint density at radius 2 is 1.83 bits per heavy atom. The fraction of sp³-hybridized carbons (Fsp3) is 0.348. The Kier molecular flexibility index (Phi) is 6.40. The van der Waals surface area contributed by atoms with Crippen molar-refractivity contribution >= 4 is 17.6 Å². The molecule has 158 valence electrons. The molecule has 3 aromatic rings. The highest BCUT2D eigenvalue weighted by Crippen LogP contribution is 2.26. The molecule has 7 heteroatoms. The van der Waals surface area contributed by atoms with Crippen molar-refractivity contribution in [3.05, 3.63) is 65.7 Å². The Balaban J connectivity index is 1.66. The van der Waals surface area contributed by atoms with Gasteiger partial charge in [0.2, 0.25) is 11.8 Å². The summed E-state index contributed by atoms with van der Waals surface area (Å²) < 4.78 is 6.92. The van der Waals surface area contributed by atoms with Gasteiger partial charge >= 0.3 is 0 Å². The zero-order valence-corrected chi connectivity index (χ0v) is 17.9. The van der Waals surface area contributed by atoms with E-state index in [9.17, 15) is 9.59 Å². The van der Waals surface area contributed by atoms with Crippen LogP contribution in [-0.2, 0) is 21.5 Å². The molecule has 2 N–H and O–H groups in total. The largest absolute Gasteiger partial charge is 0.467 e. The minimum Gasteiger partial charge on any atom is -0.467 e. The van der Waals surface area contributed by atoms with Crippen LogP contribution >= 0.6 is 0 Å². The van der Waals surface area contributed by atoms with Crippen LogP contribution in [0.15, 0.2) is 53.1 Å². The molecular formula is C23H28N4O3.